The van der Waals surface area contributed by atoms with Crippen LogP contribution in [0.25, 0.3) is 0 Å². The summed E-state index contributed by atoms with van der Waals surface area (Å²) in [5, 5.41) is 0. The number of hydrogen-bond acceptors (Lipinski definition) is 5. The third-order valence-electron chi connectivity index (χ3n) is 4.33. The molecule has 0 spiro atoms. The van der Waals surface area contributed by atoms with Crippen LogP contribution in [0.1, 0.15) is 19.3 Å². The van der Waals surface area contributed by atoms with Gasteiger partial charge in [-0.25, -0.2) is 16.8 Å². The van der Waals surface area contributed by atoms with Crippen LogP contribution in [-0.4, -0.2) is 57.7 Å². The molecule has 136 valence electrons. The van der Waals surface area contributed by atoms with Crippen molar-refractivity contribution >= 4 is 32.5 Å². The first-order valence-corrected chi connectivity index (χ1v) is 10.6. The van der Waals surface area contributed by atoms with Gasteiger partial charge in [0.05, 0.1) is 9.79 Å². The average Bonchev–Trinajstić information content (AvgIpc) is 3.19. The highest BCUT2D eigenvalue weighted by Crippen LogP contribution is 2.25. The molecule has 2 N–H and O–H groups in total. The molecular weight excluding hydrogens is 374 g/mol. The van der Waals surface area contributed by atoms with E-state index < -0.39 is 20.0 Å². The molecule has 2 saturated heterocycles. The zero-order valence-corrected chi connectivity index (χ0v) is 15.6. The summed E-state index contributed by atoms with van der Waals surface area (Å²) < 4.78 is 53.2. The van der Waals surface area contributed by atoms with Gasteiger partial charge in [0.25, 0.3) is 0 Å². The highest BCUT2D eigenvalue weighted by Gasteiger charge is 2.33. The molecule has 2 aliphatic heterocycles. The molecule has 0 bridgehead atoms. The quantitative estimate of drug-likeness (QED) is 0.805. The van der Waals surface area contributed by atoms with E-state index in [-0.39, 0.29) is 34.8 Å². The molecule has 24 heavy (non-hydrogen) atoms. The molecule has 0 radical (unpaired) electrons. The van der Waals surface area contributed by atoms with Crippen LogP contribution in [0.15, 0.2) is 34.1 Å². The van der Waals surface area contributed by atoms with Crippen molar-refractivity contribution in [1.82, 2.24) is 8.61 Å². The van der Waals surface area contributed by atoms with E-state index in [1.807, 2.05) is 0 Å². The Labute approximate surface area is 149 Å². The summed E-state index contributed by atoms with van der Waals surface area (Å²) >= 11 is 0. The number of sulfonamides is 2. The van der Waals surface area contributed by atoms with E-state index in [0.29, 0.717) is 26.1 Å². The Morgan fingerprint density at radius 3 is 1.96 bits per heavy atom. The number of nitrogens with zero attached hydrogens (tertiary/aromatic N) is 2. The zero-order chi connectivity index (χ0) is 16.7. The molecule has 0 amide bonds. The molecule has 2 aliphatic rings. The molecule has 1 atom stereocenters. The van der Waals surface area contributed by atoms with Gasteiger partial charge >= 0.3 is 0 Å². The van der Waals surface area contributed by atoms with Gasteiger partial charge in [0, 0.05) is 32.2 Å². The lowest BCUT2D eigenvalue weighted by molar-refractivity contribution is 0.471. The normalized spacial score (nSPS) is 23.3. The molecule has 3 rings (SSSR count). The van der Waals surface area contributed by atoms with Gasteiger partial charge < -0.3 is 5.73 Å². The van der Waals surface area contributed by atoms with Gasteiger partial charge in [-0.05, 0) is 37.5 Å². The maximum Gasteiger partial charge on any atom is 0.243 e. The van der Waals surface area contributed by atoms with E-state index in [2.05, 4.69) is 0 Å². The van der Waals surface area contributed by atoms with Gasteiger partial charge in [-0.15, -0.1) is 12.4 Å². The predicted octanol–water partition coefficient (Wildman–Crippen LogP) is 0.615. The lowest BCUT2D eigenvalue weighted by atomic mass is 10.3. The summed E-state index contributed by atoms with van der Waals surface area (Å²) in [5.74, 6) is 0. The second-order valence-corrected chi connectivity index (χ2v) is 9.87. The fourth-order valence-electron chi connectivity index (χ4n) is 2.99. The van der Waals surface area contributed by atoms with E-state index >= 15 is 0 Å². The second kappa shape index (κ2) is 7.27. The first kappa shape index (κ1) is 19.6. The van der Waals surface area contributed by atoms with Crippen LogP contribution < -0.4 is 5.73 Å². The monoisotopic (exact) mass is 395 g/mol. The lowest BCUT2D eigenvalue weighted by Crippen LogP contribution is -2.32. The third-order valence-corrected chi connectivity index (χ3v) is 8.09. The molecule has 0 aliphatic carbocycles. The van der Waals surface area contributed by atoms with Crippen LogP contribution in [0.4, 0.5) is 0 Å². The van der Waals surface area contributed by atoms with E-state index in [0.717, 1.165) is 12.8 Å². The number of rotatable bonds is 4. The summed E-state index contributed by atoms with van der Waals surface area (Å²) in [4.78, 5) is 0.0378. The van der Waals surface area contributed by atoms with Gasteiger partial charge in [0.1, 0.15) is 0 Å². The van der Waals surface area contributed by atoms with Crippen LogP contribution in [0.3, 0.4) is 0 Å². The fourth-order valence-corrected chi connectivity index (χ4v) is 6.19. The largest absolute Gasteiger partial charge is 0.326 e. The van der Waals surface area contributed by atoms with Crippen molar-refractivity contribution in [3.8, 4) is 0 Å². The van der Waals surface area contributed by atoms with Crippen molar-refractivity contribution in [3.63, 3.8) is 0 Å². The number of halogens is 1. The minimum Gasteiger partial charge on any atom is -0.326 e. The molecule has 1 aromatic carbocycles. The second-order valence-electron chi connectivity index (χ2n) is 6.00. The fraction of sp³-hybridized carbons (Fsp3) is 0.571. The Morgan fingerprint density at radius 2 is 1.46 bits per heavy atom. The van der Waals surface area contributed by atoms with Crippen molar-refractivity contribution in [3.05, 3.63) is 24.3 Å². The topological polar surface area (TPSA) is 101 Å². The molecular formula is C14H22ClN3O4S2. The van der Waals surface area contributed by atoms with E-state index in [9.17, 15) is 16.8 Å². The Morgan fingerprint density at radius 1 is 0.917 bits per heavy atom. The summed E-state index contributed by atoms with van der Waals surface area (Å²) in [5.41, 5.74) is 5.77. The van der Waals surface area contributed by atoms with Crippen molar-refractivity contribution in [2.24, 2.45) is 5.73 Å². The Hall–Kier alpha value is -0.710. The van der Waals surface area contributed by atoms with Crippen LogP contribution >= 0.6 is 12.4 Å². The van der Waals surface area contributed by atoms with Crippen LogP contribution in [0, 0.1) is 0 Å². The van der Waals surface area contributed by atoms with E-state index in [1.165, 1.54) is 32.9 Å². The minimum absolute atomic E-state index is 0. The smallest absolute Gasteiger partial charge is 0.243 e. The highest BCUT2D eigenvalue weighted by atomic mass is 35.5. The maximum atomic E-state index is 12.6. The molecule has 1 aromatic rings. The van der Waals surface area contributed by atoms with Gasteiger partial charge in [-0.1, -0.05) is 6.07 Å². The Balaban J connectivity index is 0.00000208. The third kappa shape index (κ3) is 3.61. The van der Waals surface area contributed by atoms with Crippen LogP contribution in [-0.2, 0) is 20.0 Å². The van der Waals surface area contributed by atoms with Crippen LogP contribution in [0.2, 0.25) is 0 Å². The van der Waals surface area contributed by atoms with Crippen molar-refractivity contribution < 1.29 is 16.8 Å². The van der Waals surface area contributed by atoms with Gasteiger partial charge in [-0.2, -0.15) is 8.61 Å². The first-order valence-electron chi connectivity index (χ1n) is 7.68. The maximum absolute atomic E-state index is 12.6. The number of hydrogen-bond donors (Lipinski definition) is 1. The standard InChI is InChI=1S/C14H21N3O4S2.ClH/c15-12-6-9-17(11-12)23(20,21)14-5-3-4-13(10-14)22(18,19)16-7-1-2-8-16;/h3-5,10,12H,1-2,6-9,11,15H2;1H/t12-;/m1./s1. The number of benzene rings is 1. The van der Waals surface area contributed by atoms with Crippen molar-refractivity contribution in [2.45, 2.75) is 35.1 Å². The van der Waals surface area contributed by atoms with E-state index in [4.69, 9.17) is 5.73 Å². The number of nitrogens with two attached hydrogens (primary N) is 1. The van der Waals surface area contributed by atoms with Gasteiger partial charge in [0.15, 0.2) is 0 Å². The first-order chi connectivity index (χ1) is 10.8. The van der Waals surface area contributed by atoms with Crippen LogP contribution in [0.5, 0.6) is 0 Å². The molecule has 7 nitrogen and oxygen atoms in total. The average molecular weight is 396 g/mol. The predicted molar refractivity (Wildman–Crippen MR) is 93.0 cm³/mol. The highest BCUT2D eigenvalue weighted by molar-refractivity contribution is 7.90. The van der Waals surface area contributed by atoms with E-state index in [1.54, 1.807) is 0 Å². The Bertz CT molecular complexity index is 792. The zero-order valence-electron chi connectivity index (χ0n) is 13.2. The van der Waals surface area contributed by atoms with Crippen molar-refractivity contribution in [2.75, 3.05) is 26.2 Å². The molecule has 10 heteroatoms. The summed E-state index contributed by atoms with van der Waals surface area (Å²) in [6.45, 7) is 1.61. The molecule has 0 aromatic heterocycles. The summed E-state index contributed by atoms with van der Waals surface area (Å²) in [7, 11) is -7.34. The summed E-state index contributed by atoms with van der Waals surface area (Å²) in [6, 6.07) is 5.45. The molecule has 2 fully saturated rings. The Kier molecular flexibility index (Phi) is 5.94. The molecule has 2 heterocycles. The SMILES string of the molecule is Cl.N[C@@H]1CCN(S(=O)(=O)c2cccc(S(=O)(=O)N3CCCC3)c2)C1. The summed E-state index contributed by atoms with van der Waals surface area (Å²) in [6.07, 6.45) is 2.29. The van der Waals surface area contributed by atoms with Gasteiger partial charge in [0.2, 0.25) is 20.0 Å². The molecule has 0 saturated carbocycles. The minimum atomic E-state index is -3.71. The van der Waals surface area contributed by atoms with Gasteiger partial charge in [-0.3, -0.25) is 0 Å². The lowest BCUT2D eigenvalue weighted by Gasteiger charge is -2.18. The molecule has 0 unspecified atom stereocenters. The van der Waals surface area contributed by atoms with Crippen molar-refractivity contribution in [1.29, 1.82) is 0 Å².